The maximum atomic E-state index is 14.5. The van der Waals surface area contributed by atoms with E-state index in [9.17, 15) is 14.4 Å². The number of rotatable bonds is 10. The highest BCUT2D eigenvalue weighted by atomic mass is 16.4. The summed E-state index contributed by atoms with van der Waals surface area (Å²) in [5, 5.41) is 3.10. The lowest BCUT2D eigenvalue weighted by Crippen LogP contribution is -2.63. The summed E-state index contributed by atoms with van der Waals surface area (Å²) in [6.07, 6.45) is 4.98. The lowest BCUT2D eigenvalue weighted by atomic mass is 10.0. The van der Waals surface area contributed by atoms with Gasteiger partial charge in [-0.25, -0.2) is 19.6 Å². The van der Waals surface area contributed by atoms with Crippen molar-refractivity contribution in [1.29, 1.82) is 0 Å². The summed E-state index contributed by atoms with van der Waals surface area (Å²) >= 11 is 0. The molecule has 4 aromatic carbocycles. The standard InChI is InChI=1S/C46H50N8O4/c1-30-15-14-26-54(30,45(56)41(52(4)5)32-18-10-7-11-19-32)46(57)48-35-21-12-20-33(27-35)39-29-47-43(58-39)34-23-24-36-37(28-34)50-42(49-36)38-22-13-25-53(38)44(55)40(51(2)3)31-16-8-6-9-17-31/h6-12,16-21,23-24,27-30,38,40-41H,13-15,22,25-26H2,1-5H3,(H-,47,48,49,50,57)/p+1/t30-,38+,40-,41-,54?/m1/s1. The number of H-pyrrole nitrogens is 1. The number of nitrogens with one attached hydrogen (secondary N) is 2. The van der Waals surface area contributed by atoms with E-state index < -0.39 is 6.04 Å². The van der Waals surface area contributed by atoms with Crippen LogP contribution < -0.4 is 5.32 Å². The number of anilines is 1. The lowest BCUT2D eigenvalue weighted by molar-refractivity contribution is -0.783. The van der Waals surface area contributed by atoms with Crippen molar-refractivity contribution >= 4 is 34.6 Å². The number of hydrogen-bond acceptors (Lipinski definition) is 8. The van der Waals surface area contributed by atoms with Gasteiger partial charge >= 0.3 is 11.9 Å². The van der Waals surface area contributed by atoms with Crippen molar-refractivity contribution in [1.82, 2.24) is 29.7 Å². The second-order valence-corrected chi connectivity index (χ2v) is 16.1. The average molecular weight is 780 g/mol. The van der Waals surface area contributed by atoms with Crippen LogP contribution in [0.4, 0.5) is 10.5 Å². The van der Waals surface area contributed by atoms with Gasteiger partial charge in [0, 0.05) is 36.2 Å². The van der Waals surface area contributed by atoms with Gasteiger partial charge in [0.25, 0.3) is 0 Å². The molecule has 0 bridgehead atoms. The monoisotopic (exact) mass is 779 g/mol. The summed E-state index contributed by atoms with van der Waals surface area (Å²) in [6.45, 7) is 3.11. The van der Waals surface area contributed by atoms with E-state index in [1.807, 2.05) is 153 Å². The summed E-state index contributed by atoms with van der Waals surface area (Å²) in [4.78, 5) is 61.7. The van der Waals surface area contributed by atoms with Crippen LogP contribution in [-0.4, -0.2) is 99.3 Å². The van der Waals surface area contributed by atoms with Crippen molar-refractivity contribution < 1.29 is 23.3 Å². The number of fused-ring (bicyclic) bond motifs is 1. The van der Waals surface area contributed by atoms with E-state index in [1.54, 1.807) is 6.20 Å². The molecule has 2 aliphatic heterocycles. The van der Waals surface area contributed by atoms with Crippen LogP contribution in [0.3, 0.4) is 0 Å². The Bertz CT molecular complexity index is 2430. The van der Waals surface area contributed by atoms with Crippen LogP contribution in [0.25, 0.3) is 33.8 Å². The summed E-state index contributed by atoms with van der Waals surface area (Å²) < 4.78 is 6.04. The summed E-state index contributed by atoms with van der Waals surface area (Å²) in [7, 11) is 7.64. The van der Waals surface area contributed by atoms with Gasteiger partial charge in [-0.05, 0) is 89.4 Å². The fraction of sp³-hybridized carbons (Fsp3) is 0.326. The second-order valence-electron chi connectivity index (χ2n) is 16.1. The number of urea groups is 1. The molecule has 0 spiro atoms. The molecular formula is C46H51N8O4+. The highest BCUT2D eigenvalue weighted by Crippen LogP contribution is 2.38. The number of nitrogens with zero attached hydrogens (tertiary/aromatic N) is 6. The maximum Gasteiger partial charge on any atom is 0.428 e. The van der Waals surface area contributed by atoms with Crippen LogP contribution in [0.5, 0.6) is 0 Å². The quantitative estimate of drug-likeness (QED) is 0.133. The summed E-state index contributed by atoms with van der Waals surface area (Å²) in [6, 6.07) is 31.2. The Labute approximate surface area is 339 Å². The van der Waals surface area contributed by atoms with Crippen LogP contribution in [0, 0.1) is 0 Å². The Hall–Kier alpha value is -5.95. The number of aromatic amines is 1. The molecule has 2 aromatic heterocycles. The topological polar surface area (TPSA) is 128 Å². The number of quaternary nitrogens is 1. The van der Waals surface area contributed by atoms with Gasteiger partial charge in [-0.15, -0.1) is 0 Å². The van der Waals surface area contributed by atoms with Gasteiger partial charge in [0.05, 0.1) is 29.8 Å². The SMILES string of the molecule is C[C@@H]1CCC[N+]1(C(=O)Nc1cccc(-c2cnc(-c3ccc4nc([C@@H]5CCCN5C(=O)[C@@H](c5ccccc5)N(C)C)[nH]c4c3)o2)c1)C(=O)[C@@H](c1ccccc1)N(C)C. The molecule has 6 aromatic rings. The zero-order chi connectivity index (χ0) is 40.6. The van der Waals surface area contributed by atoms with Crippen LogP contribution in [0.15, 0.2) is 114 Å². The molecule has 5 atom stereocenters. The fourth-order valence-corrected chi connectivity index (χ4v) is 8.92. The smallest absolute Gasteiger partial charge is 0.428 e. The number of oxazole rings is 1. The highest BCUT2D eigenvalue weighted by molar-refractivity contribution is 5.95. The van der Waals surface area contributed by atoms with Crippen molar-refractivity contribution in [2.24, 2.45) is 0 Å². The Balaban J connectivity index is 1.00. The van der Waals surface area contributed by atoms with E-state index >= 15 is 0 Å². The zero-order valence-corrected chi connectivity index (χ0v) is 33.8. The van der Waals surface area contributed by atoms with Crippen molar-refractivity contribution in [2.75, 3.05) is 46.6 Å². The van der Waals surface area contributed by atoms with E-state index in [0.29, 0.717) is 30.4 Å². The molecule has 2 N–H and O–H groups in total. The third-order valence-electron chi connectivity index (χ3n) is 11.9. The Morgan fingerprint density at radius 1 is 0.828 bits per heavy atom. The molecule has 0 aliphatic carbocycles. The number of aromatic nitrogens is 3. The van der Waals surface area contributed by atoms with Gasteiger partial charge in [0.1, 0.15) is 17.9 Å². The van der Waals surface area contributed by atoms with Crippen LogP contribution in [0.1, 0.15) is 67.7 Å². The van der Waals surface area contributed by atoms with E-state index in [1.165, 1.54) is 0 Å². The third kappa shape index (κ3) is 7.23. The first-order valence-corrected chi connectivity index (χ1v) is 20.1. The van der Waals surface area contributed by atoms with E-state index in [2.05, 4.69) is 15.3 Å². The van der Waals surface area contributed by atoms with Crippen LogP contribution >= 0.6 is 0 Å². The van der Waals surface area contributed by atoms with Gasteiger partial charge in [0.15, 0.2) is 11.8 Å². The van der Waals surface area contributed by atoms with E-state index in [-0.39, 0.29) is 40.5 Å². The minimum atomic E-state index is -0.568. The maximum absolute atomic E-state index is 14.5. The second kappa shape index (κ2) is 16.1. The average Bonchev–Trinajstić information content (AvgIpc) is 4.05. The molecule has 0 radical (unpaired) electrons. The Morgan fingerprint density at radius 3 is 2.21 bits per heavy atom. The van der Waals surface area contributed by atoms with Crippen LogP contribution in [-0.2, 0) is 9.59 Å². The molecular weight excluding hydrogens is 729 g/mol. The lowest BCUT2D eigenvalue weighted by Gasteiger charge is -2.37. The van der Waals surface area contributed by atoms with Crippen molar-refractivity contribution in [3.63, 3.8) is 0 Å². The summed E-state index contributed by atoms with van der Waals surface area (Å²) in [5.74, 6) is 1.68. The molecule has 298 valence electrons. The van der Waals surface area contributed by atoms with Gasteiger partial charge in [-0.1, -0.05) is 72.8 Å². The van der Waals surface area contributed by atoms with E-state index in [0.717, 1.165) is 64.8 Å². The number of hydrogen-bond donors (Lipinski definition) is 2. The van der Waals surface area contributed by atoms with E-state index in [4.69, 9.17) is 9.40 Å². The van der Waals surface area contributed by atoms with Gasteiger partial charge in [-0.3, -0.25) is 19.9 Å². The highest BCUT2D eigenvalue weighted by Gasteiger charge is 2.55. The molecule has 0 saturated carbocycles. The first-order valence-electron chi connectivity index (χ1n) is 20.1. The number of likely N-dealkylation sites (N-methyl/N-ethyl adjacent to an activating group) is 2. The molecule has 12 nitrogen and oxygen atoms in total. The zero-order valence-electron chi connectivity index (χ0n) is 33.8. The number of imidazole rings is 1. The molecule has 4 amide bonds. The number of imide groups is 1. The van der Waals surface area contributed by atoms with Crippen LogP contribution in [0.2, 0.25) is 0 Å². The molecule has 58 heavy (non-hydrogen) atoms. The van der Waals surface area contributed by atoms with Gasteiger partial charge in [-0.2, -0.15) is 4.48 Å². The largest absolute Gasteiger partial charge is 0.436 e. The minimum absolute atomic E-state index is 0.0666. The van der Waals surface area contributed by atoms with Crippen molar-refractivity contribution in [2.45, 2.75) is 56.8 Å². The molecule has 2 fully saturated rings. The predicted octanol–water partition coefficient (Wildman–Crippen LogP) is 8.21. The fourth-order valence-electron chi connectivity index (χ4n) is 8.92. The number of likely N-dealkylation sites (tertiary alicyclic amines) is 2. The first kappa shape index (κ1) is 38.9. The Morgan fingerprint density at radius 2 is 1.53 bits per heavy atom. The normalized spacial score (nSPS) is 20.5. The minimum Gasteiger partial charge on any atom is -0.436 e. The third-order valence-corrected chi connectivity index (χ3v) is 11.9. The Kier molecular flexibility index (Phi) is 10.8. The van der Waals surface area contributed by atoms with Crippen molar-refractivity contribution in [3.8, 4) is 22.8 Å². The van der Waals surface area contributed by atoms with Crippen molar-refractivity contribution in [3.05, 3.63) is 126 Å². The molecule has 4 heterocycles. The summed E-state index contributed by atoms with van der Waals surface area (Å²) in [5.41, 5.74) is 5.54. The number of amides is 4. The molecule has 1 unspecified atom stereocenters. The molecule has 2 aliphatic rings. The predicted molar refractivity (Wildman–Crippen MR) is 224 cm³/mol. The first-order chi connectivity index (χ1) is 28.0. The van der Waals surface area contributed by atoms with Gasteiger partial charge in [0.2, 0.25) is 11.8 Å². The number of carbonyl (C=O) groups is 3. The van der Waals surface area contributed by atoms with Gasteiger partial charge < -0.3 is 14.3 Å². The molecule has 2 saturated heterocycles. The molecule has 12 heteroatoms. The number of carbonyl (C=O) groups excluding carboxylic acids is 3. The number of benzene rings is 4. The molecule has 8 rings (SSSR count).